The van der Waals surface area contributed by atoms with E-state index in [9.17, 15) is 4.79 Å². The fraction of sp³-hybridized carbons (Fsp3) is 0.333. The lowest BCUT2D eigenvalue weighted by molar-refractivity contribution is -0.118. The highest BCUT2D eigenvalue weighted by Gasteiger charge is 2.20. The van der Waals surface area contributed by atoms with Gasteiger partial charge >= 0.3 is 0 Å². The van der Waals surface area contributed by atoms with E-state index in [2.05, 4.69) is 34.7 Å². The molecule has 2 heterocycles. The molecule has 20 heavy (non-hydrogen) atoms. The Morgan fingerprint density at radius 1 is 1.35 bits per heavy atom. The van der Waals surface area contributed by atoms with E-state index in [-0.39, 0.29) is 5.91 Å². The van der Waals surface area contributed by atoms with Crippen LogP contribution in [0.25, 0.3) is 10.9 Å². The van der Waals surface area contributed by atoms with Crippen LogP contribution in [0.5, 0.6) is 0 Å². The minimum Gasteiger partial charge on any atom is -0.388 e. The van der Waals surface area contributed by atoms with Gasteiger partial charge in [-0.2, -0.15) is 0 Å². The Kier molecular flexibility index (Phi) is 3.28. The molecule has 1 saturated heterocycles. The Balaban J connectivity index is 2.04. The number of amides is 1. The molecule has 0 bridgehead atoms. The minimum atomic E-state index is 0.0756. The molecule has 0 aliphatic carbocycles. The second kappa shape index (κ2) is 5.09. The van der Waals surface area contributed by atoms with Gasteiger partial charge in [-0.1, -0.05) is 0 Å². The maximum absolute atomic E-state index is 11.9. The molecule has 1 aliphatic heterocycles. The van der Waals surface area contributed by atoms with Gasteiger partial charge in [0.25, 0.3) is 0 Å². The van der Waals surface area contributed by atoms with Crippen LogP contribution < -0.4 is 15.5 Å². The molecule has 1 amide bonds. The number of benzene rings is 1. The Labute approximate surface area is 118 Å². The van der Waals surface area contributed by atoms with Gasteiger partial charge in [0.1, 0.15) is 5.82 Å². The second-order valence-corrected chi connectivity index (χ2v) is 5.00. The fourth-order valence-corrected chi connectivity index (χ4v) is 2.53. The third-order valence-corrected chi connectivity index (χ3v) is 3.66. The van der Waals surface area contributed by atoms with Gasteiger partial charge < -0.3 is 10.6 Å². The molecule has 5 heteroatoms. The van der Waals surface area contributed by atoms with E-state index in [0.29, 0.717) is 13.1 Å². The zero-order valence-electron chi connectivity index (χ0n) is 11.7. The SMILES string of the molecule is CNc1cc2ccc(N3CCNCC3=O)nc2cc1C. The number of hydrogen-bond acceptors (Lipinski definition) is 4. The van der Waals surface area contributed by atoms with E-state index in [1.165, 1.54) is 0 Å². The first-order valence-corrected chi connectivity index (χ1v) is 6.79. The predicted octanol–water partition coefficient (Wildman–Crippen LogP) is 1.52. The Bertz CT molecular complexity index is 668. The van der Waals surface area contributed by atoms with Crippen LogP contribution in [-0.4, -0.2) is 37.6 Å². The number of carbonyl (C=O) groups is 1. The van der Waals surface area contributed by atoms with E-state index in [1.807, 2.05) is 19.2 Å². The Morgan fingerprint density at radius 3 is 2.95 bits per heavy atom. The normalized spacial score (nSPS) is 15.7. The highest BCUT2D eigenvalue weighted by molar-refractivity contribution is 5.96. The summed E-state index contributed by atoms with van der Waals surface area (Å²) in [4.78, 5) is 18.3. The number of nitrogens with one attached hydrogen (secondary N) is 2. The third kappa shape index (κ3) is 2.20. The van der Waals surface area contributed by atoms with Gasteiger partial charge in [0.2, 0.25) is 5.91 Å². The first-order valence-electron chi connectivity index (χ1n) is 6.79. The van der Waals surface area contributed by atoms with Gasteiger partial charge in [-0.3, -0.25) is 9.69 Å². The summed E-state index contributed by atoms with van der Waals surface area (Å²) in [6.45, 7) is 3.92. The number of carbonyl (C=O) groups excluding carboxylic acids is 1. The van der Waals surface area contributed by atoms with E-state index in [1.54, 1.807) is 4.90 Å². The summed E-state index contributed by atoms with van der Waals surface area (Å²) in [7, 11) is 1.91. The molecule has 3 rings (SSSR count). The molecule has 0 saturated carbocycles. The highest BCUT2D eigenvalue weighted by Crippen LogP contribution is 2.24. The summed E-state index contributed by atoms with van der Waals surface area (Å²) >= 11 is 0. The largest absolute Gasteiger partial charge is 0.388 e. The average molecular weight is 270 g/mol. The predicted molar refractivity (Wildman–Crippen MR) is 81.2 cm³/mol. The molecule has 1 aromatic carbocycles. The smallest absolute Gasteiger partial charge is 0.242 e. The zero-order valence-corrected chi connectivity index (χ0v) is 11.7. The van der Waals surface area contributed by atoms with Crippen molar-refractivity contribution < 1.29 is 4.79 Å². The van der Waals surface area contributed by atoms with Crippen molar-refractivity contribution >= 4 is 28.3 Å². The topological polar surface area (TPSA) is 57.3 Å². The standard InChI is InChI=1S/C15H18N4O/c1-10-7-13-11(8-12(10)16-2)3-4-14(18-13)19-6-5-17-9-15(19)20/h3-4,7-8,16-17H,5-6,9H2,1-2H3. The van der Waals surface area contributed by atoms with Gasteiger partial charge in [0.15, 0.2) is 0 Å². The van der Waals surface area contributed by atoms with E-state index in [4.69, 9.17) is 0 Å². The fourth-order valence-electron chi connectivity index (χ4n) is 2.53. The van der Waals surface area contributed by atoms with Crippen LogP contribution in [0.4, 0.5) is 11.5 Å². The van der Waals surface area contributed by atoms with Crippen LogP contribution in [0.3, 0.4) is 0 Å². The van der Waals surface area contributed by atoms with Gasteiger partial charge in [-0.15, -0.1) is 0 Å². The van der Waals surface area contributed by atoms with Crippen LogP contribution in [0.1, 0.15) is 5.56 Å². The van der Waals surface area contributed by atoms with E-state index in [0.717, 1.165) is 34.5 Å². The quantitative estimate of drug-likeness (QED) is 0.868. The van der Waals surface area contributed by atoms with Crippen molar-refractivity contribution in [1.82, 2.24) is 10.3 Å². The molecule has 0 spiro atoms. The third-order valence-electron chi connectivity index (χ3n) is 3.66. The van der Waals surface area contributed by atoms with Crippen molar-refractivity contribution in [2.24, 2.45) is 0 Å². The van der Waals surface area contributed by atoms with Crippen molar-refractivity contribution in [2.45, 2.75) is 6.92 Å². The Morgan fingerprint density at radius 2 is 2.20 bits per heavy atom. The van der Waals surface area contributed by atoms with Crippen molar-refractivity contribution in [3.63, 3.8) is 0 Å². The molecule has 2 aromatic rings. The van der Waals surface area contributed by atoms with Crippen LogP contribution >= 0.6 is 0 Å². The lowest BCUT2D eigenvalue weighted by Crippen LogP contribution is -2.48. The van der Waals surface area contributed by atoms with Gasteiger partial charge in [-0.05, 0) is 36.8 Å². The molecule has 2 N–H and O–H groups in total. The lowest BCUT2D eigenvalue weighted by atomic mass is 10.1. The molecule has 5 nitrogen and oxygen atoms in total. The van der Waals surface area contributed by atoms with Crippen molar-refractivity contribution in [2.75, 3.05) is 36.9 Å². The number of aromatic nitrogens is 1. The number of hydrogen-bond donors (Lipinski definition) is 2. The maximum Gasteiger partial charge on any atom is 0.242 e. The van der Waals surface area contributed by atoms with E-state index < -0.39 is 0 Å². The number of nitrogens with zero attached hydrogens (tertiary/aromatic N) is 2. The van der Waals surface area contributed by atoms with Gasteiger partial charge in [0, 0.05) is 31.2 Å². The first-order chi connectivity index (χ1) is 9.69. The molecule has 0 atom stereocenters. The summed E-state index contributed by atoms with van der Waals surface area (Å²) in [6, 6.07) is 8.08. The maximum atomic E-state index is 11.9. The van der Waals surface area contributed by atoms with Gasteiger partial charge in [0.05, 0.1) is 12.1 Å². The van der Waals surface area contributed by atoms with Crippen LogP contribution in [0.2, 0.25) is 0 Å². The van der Waals surface area contributed by atoms with Crippen LogP contribution in [0, 0.1) is 6.92 Å². The molecule has 104 valence electrons. The van der Waals surface area contributed by atoms with Crippen molar-refractivity contribution in [1.29, 1.82) is 0 Å². The summed E-state index contributed by atoms with van der Waals surface area (Å²) in [6.07, 6.45) is 0. The van der Waals surface area contributed by atoms with E-state index >= 15 is 0 Å². The zero-order chi connectivity index (χ0) is 14.1. The van der Waals surface area contributed by atoms with Crippen LogP contribution in [0.15, 0.2) is 24.3 Å². The summed E-state index contributed by atoms with van der Waals surface area (Å²) in [5.41, 5.74) is 3.17. The molecular weight excluding hydrogens is 252 g/mol. The molecule has 1 fully saturated rings. The minimum absolute atomic E-state index is 0.0756. The lowest BCUT2D eigenvalue weighted by Gasteiger charge is -2.26. The summed E-state index contributed by atoms with van der Waals surface area (Å²) < 4.78 is 0. The number of fused-ring (bicyclic) bond motifs is 1. The molecular formula is C15H18N4O. The monoisotopic (exact) mass is 270 g/mol. The number of aryl methyl sites for hydroxylation is 1. The highest BCUT2D eigenvalue weighted by atomic mass is 16.2. The molecule has 0 radical (unpaired) electrons. The second-order valence-electron chi connectivity index (χ2n) is 5.00. The van der Waals surface area contributed by atoms with Crippen molar-refractivity contribution in [3.8, 4) is 0 Å². The Hall–Kier alpha value is -2.14. The van der Waals surface area contributed by atoms with Gasteiger partial charge in [-0.25, -0.2) is 4.98 Å². The molecule has 1 aromatic heterocycles. The van der Waals surface area contributed by atoms with Crippen LogP contribution in [-0.2, 0) is 4.79 Å². The first kappa shape index (κ1) is 12.9. The molecule has 1 aliphatic rings. The number of anilines is 2. The summed E-state index contributed by atoms with van der Waals surface area (Å²) in [5, 5.41) is 7.32. The average Bonchev–Trinajstić information content (AvgIpc) is 2.46. The number of rotatable bonds is 2. The number of piperazine rings is 1. The molecule has 0 unspecified atom stereocenters. The summed E-state index contributed by atoms with van der Waals surface area (Å²) in [5.74, 6) is 0.812. The number of pyridine rings is 1. The van der Waals surface area contributed by atoms with Crippen molar-refractivity contribution in [3.05, 3.63) is 29.8 Å².